The summed E-state index contributed by atoms with van der Waals surface area (Å²) in [5.41, 5.74) is 1.12. The molecule has 0 spiro atoms. The lowest BCUT2D eigenvalue weighted by molar-refractivity contribution is 0.403. The first-order chi connectivity index (χ1) is 7.27. The Bertz CT molecular complexity index is 489. The van der Waals surface area contributed by atoms with E-state index in [1.165, 1.54) is 0 Å². The topological polar surface area (TPSA) is 18.5 Å². The highest BCUT2D eigenvalue weighted by atomic mass is 16.5. The quantitative estimate of drug-likeness (QED) is 0.744. The Hall–Kier alpha value is -1.70. The van der Waals surface area contributed by atoms with Crippen LogP contribution in [0, 0.1) is 6.92 Å². The third kappa shape index (κ3) is 1.52. The summed E-state index contributed by atoms with van der Waals surface area (Å²) >= 11 is 0. The van der Waals surface area contributed by atoms with Crippen molar-refractivity contribution in [3.63, 3.8) is 0 Å². The van der Waals surface area contributed by atoms with Crippen molar-refractivity contribution in [2.24, 2.45) is 0 Å². The fraction of sp³-hybridized carbons (Fsp3) is 0.231. The zero-order valence-corrected chi connectivity index (χ0v) is 9.20. The second kappa shape index (κ2) is 3.81. The van der Waals surface area contributed by atoms with Crippen molar-refractivity contribution in [1.82, 2.24) is 0 Å². The summed E-state index contributed by atoms with van der Waals surface area (Å²) in [6, 6.07) is 10.1. The second-order valence-electron chi connectivity index (χ2n) is 3.47. The van der Waals surface area contributed by atoms with Gasteiger partial charge >= 0.3 is 0 Å². The van der Waals surface area contributed by atoms with Gasteiger partial charge in [-0.1, -0.05) is 24.3 Å². The predicted molar refractivity (Wildman–Crippen MR) is 61.8 cm³/mol. The van der Waals surface area contributed by atoms with Crippen LogP contribution in [0.3, 0.4) is 0 Å². The minimum Gasteiger partial charge on any atom is -0.496 e. The van der Waals surface area contributed by atoms with Crippen LogP contribution in [0.4, 0.5) is 0 Å². The second-order valence-corrected chi connectivity index (χ2v) is 3.47. The van der Waals surface area contributed by atoms with E-state index in [1.54, 1.807) is 14.2 Å². The van der Waals surface area contributed by atoms with Gasteiger partial charge in [-0.3, -0.25) is 0 Å². The van der Waals surface area contributed by atoms with Gasteiger partial charge in [0.1, 0.15) is 11.5 Å². The van der Waals surface area contributed by atoms with Crippen molar-refractivity contribution >= 4 is 10.8 Å². The van der Waals surface area contributed by atoms with Gasteiger partial charge in [0.15, 0.2) is 0 Å². The average molecular weight is 202 g/mol. The molecule has 0 unspecified atom stereocenters. The monoisotopic (exact) mass is 202 g/mol. The normalized spacial score (nSPS) is 10.3. The fourth-order valence-corrected chi connectivity index (χ4v) is 1.85. The van der Waals surface area contributed by atoms with Crippen LogP contribution in [0.15, 0.2) is 30.3 Å². The molecule has 0 saturated carbocycles. The maximum absolute atomic E-state index is 5.42. The Morgan fingerprint density at radius 1 is 0.933 bits per heavy atom. The van der Waals surface area contributed by atoms with Crippen molar-refractivity contribution in [2.45, 2.75) is 6.92 Å². The van der Waals surface area contributed by atoms with Crippen molar-refractivity contribution < 1.29 is 9.47 Å². The smallest absolute Gasteiger partial charge is 0.133 e. The minimum absolute atomic E-state index is 0.855. The van der Waals surface area contributed by atoms with Gasteiger partial charge in [-0.15, -0.1) is 0 Å². The highest BCUT2D eigenvalue weighted by molar-refractivity contribution is 5.94. The van der Waals surface area contributed by atoms with Gasteiger partial charge in [0.05, 0.1) is 19.6 Å². The molecule has 0 heterocycles. The molecular formula is C13H14O2. The van der Waals surface area contributed by atoms with E-state index < -0.39 is 0 Å². The summed E-state index contributed by atoms with van der Waals surface area (Å²) in [5.74, 6) is 1.75. The Kier molecular flexibility index (Phi) is 2.50. The summed E-state index contributed by atoms with van der Waals surface area (Å²) in [6.45, 7) is 2.03. The SMILES string of the molecule is COc1cccc2ccc(C)c(OC)c12. The average Bonchev–Trinajstić information content (AvgIpc) is 2.28. The van der Waals surface area contributed by atoms with Crippen LogP contribution in [0.25, 0.3) is 10.8 Å². The van der Waals surface area contributed by atoms with Gasteiger partial charge in [0, 0.05) is 0 Å². The van der Waals surface area contributed by atoms with Crippen LogP contribution < -0.4 is 9.47 Å². The molecule has 0 saturated heterocycles. The van der Waals surface area contributed by atoms with Gasteiger partial charge in [-0.05, 0) is 23.9 Å². The van der Waals surface area contributed by atoms with Gasteiger partial charge in [0.2, 0.25) is 0 Å². The van der Waals surface area contributed by atoms with Crippen molar-refractivity contribution in [1.29, 1.82) is 0 Å². The van der Waals surface area contributed by atoms with Gasteiger partial charge in [-0.2, -0.15) is 0 Å². The lowest BCUT2D eigenvalue weighted by atomic mass is 10.1. The summed E-state index contributed by atoms with van der Waals surface area (Å²) < 4.78 is 10.8. The van der Waals surface area contributed by atoms with E-state index in [0.29, 0.717) is 0 Å². The van der Waals surface area contributed by atoms with E-state index in [9.17, 15) is 0 Å². The lowest BCUT2D eigenvalue weighted by Gasteiger charge is -2.11. The van der Waals surface area contributed by atoms with Gasteiger partial charge < -0.3 is 9.47 Å². The Morgan fingerprint density at radius 3 is 2.40 bits per heavy atom. The highest BCUT2D eigenvalue weighted by Gasteiger charge is 2.09. The molecule has 0 aliphatic carbocycles. The standard InChI is InChI=1S/C13H14O2/c1-9-7-8-10-5-4-6-11(14-2)12(10)13(9)15-3/h4-8H,1-3H3. The molecule has 0 amide bonds. The number of hydrogen-bond donors (Lipinski definition) is 0. The molecule has 2 nitrogen and oxygen atoms in total. The third-order valence-electron chi connectivity index (χ3n) is 2.58. The summed E-state index contributed by atoms with van der Waals surface area (Å²) in [7, 11) is 3.37. The molecule has 0 fully saturated rings. The van der Waals surface area contributed by atoms with E-state index in [-0.39, 0.29) is 0 Å². The van der Waals surface area contributed by atoms with Crippen LogP contribution in [0.1, 0.15) is 5.56 Å². The largest absolute Gasteiger partial charge is 0.496 e. The van der Waals surface area contributed by atoms with Crippen molar-refractivity contribution in [3.8, 4) is 11.5 Å². The fourth-order valence-electron chi connectivity index (χ4n) is 1.85. The van der Waals surface area contributed by atoms with Crippen LogP contribution in [-0.2, 0) is 0 Å². The molecule has 2 aromatic carbocycles. The van der Waals surface area contributed by atoms with Crippen LogP contribution in [0.5, 0.6) is 11.5 Å². The van der Waals surface area contributed by atoms with Crippen LogP contribution in [-0.4, -0.2) is 14.2 Å². The lowest BCUT2D eigenvalue weighted by Crippen LogP contribution is -1.92. The number of aryl methyl sites for hydroxylation is 1. The maximum Gasteiger partial charge on any atom is 0.133 e. The molecule has 0 radical (unpaired) electrons. The third-order valence-corrected chi connectivity index (χ3v) is 2.58. The predicted octanol–water partition coefficient (Wildman–Crippen LogP) is 3.17. The molecule has 0 aliphatic heterocycles. The number of benzene rings is 2. The number of ether oxygens (including phenoxy) is 2. The Balaban J connectivity index is 2.87. The Morgan fingerprint density at radius 2 is 1.73 bits per heavy atom. The van der Waals surface area contributed by atoms with E-state index >= 15 is 0 Å². The van der Waals surface area contributed by atoms with E-state index in [1.807, 2.05) is 19.1 Å². The summed E-state index contributed by atoms with van der Waals surface area (Å²) in [4.78, 5) is 0. The number of rotatable bonds is 2. The summed E-state index contributed by atoms with van der Waals surface area (Å²) in [6.07, 6.45) is 0. The van der Waals surface area contributed by atoms with Crippen LogP contribution in [0.2, 0.25) is 0 Å². The van der Waals surface area contributed by atoms with Crippen molar-refractivity contribution in [2.75, 3.05) is 14.2 Å². The first-order valence-corrected chi connectivity index (χ1v) is 4.88. The zero-order chi connectivity index (χ0) is 10.8. The van der Waals surface area contributed by atoms with E-state index in [4.69, 9.17) is 9.47 Å². The molecule has 78 valence electrons. The Labute approximate surface area is 89.4 Å². The molecule has 2 aromatic rings. The maximum atomic E-state index is 5.42. The van der Waals surface area contributed by atoms with Crippen molar-refractivity contribution in [3.05, 3.63) is 35.9 Å². The summed E-state index contributed by atoms with van der Waals surface area (Å²) in [5, 5.41) is 2.18. The molecule has 0 aliphatic rings. The van der Waals surface area contributed by atoms with Crippen LogP contribution >= 0.6 is 0 Å². The molecule has 2 rings (SSSR count). The zero-order valence-electron chi connectivity index (χ0n) is 9.20. The number of hydrogen-bond acceptors (Lipinski definition) is 2. The molecule has 0 N–H and O–H groups in total. The first-order valence-electron chi connectivity index (χ1n) is 4.88. The molecule has 0 aromatic heterocycles. The first kappa shape index (κ1) is 9.84. The molecular weight excluding hydrogens is 188 g/mol. The van der Waals surface area contributed by atoms with E-state index in [0.717, 1.165) is 27.8 Å². The van der Waals surface area contributed by atoms with E-state index in [2.05, 4.69) is 18.2 Å². The number of fused-ring (bicyclic) bond motifs is 1. The highest BCUT2D eigenvalue weighted by Crippen LogP contribution is 2.35. The number of methoxy groups -OCH3 is 2. The molecule has 2 heteroatoms. The molecule has 15 heavy (non-hydrogen) atoms. The van der Waals surface area contributed by atoms with Gasteiger partial charge in [-0.25, -0.2) is 0 Å². The molecule has 0 atom stereocenters. The minimum atomic E-state index is 0.855. The van der Waals surface area contributed by atoms with Gasteiger partial charge in [0.25, 0.3) is 0 Å². The molecule has 0 bridgehead atoms.